The number of methoxy groups -OCH3 is 1. The van der Waals surface area contributed by atoms with Gasteiger partial charge in [-0.25, -0.2) is 0 Å². The Balaban J connectivity index is 3.00. The van der Waals surface area contributed by atoms with Crippen molar-refractivity contribution in [2.24, 2.45) is 5.41 Å². The number of carboxylic acids is 1. The summed E-state index contributed by atoms with van der Waals surface area (Å²) in [7, 11) is 1.49. The molecule has 0 saturated carbocycles. The highest BCUT2D eigenvalue weighted by atomic mass is 16.5. The van der Waals surface area contributed by atoms with Crippen molar-refractivity contribution in [1.82, 2.24) is 0 Å². The van der Waals surface area contributed by atoms with Crippen LogP contribution >= 0.6 is 0 Å². The van der Waals surface area contributed by atoms with Gasteiger partial charge in [0, 0.05) is 0 Å². The van der Waals surface area contributed by atoms with Crippen LogP contribution in [0.15, 0.2) is 24.0 Å². The minimum Gasteiger partial charge on any atom is -0.500 e. The Kier molecular flexibility index (Phi) is 2.22. The second kappa shape index (κ2) is 3.01. The molecule has 1 N–H and O–H groups in total. The number of carbonyl (C=O) groups is 1. The van der Waals surface area contributed by atoms with Crippen LogP contribution in [-0.4, -0.2) is 18.2 Å². The average Bonchev–Trinajstić information content (AvgIpc) is 2.05. The first-order chi connectivity index (χ1) is 5.61. The molecule has 0 aliphatic heterocycles. The van der Waals surface area contributed by atoms with Crippen molar-refractivity contribution in [3.8, 4) is 0 Å². The number of rotatable bonds is 2. The maximum absolute atomic E-state index is 10.9. The highest BCUT2D eigenvalue weighted by molar-refractivity contribution is 5.80. The summed E-state index contributed by atoms with van der Waals surface area (Å²) in [6.45, 7) is 1.63. The van der Waals surface area contributed by atoms with E-state index in [1.807, 2.05) is 6.08 Å². The summed E-state index contributed by atoms with van der Waals surface area (Å²) >= 11 is 0. The van der Waals surface area contributed by atoms with Gasteiger partial charge in [-0.3, -0.25) is 4.79 Å². The molecule has 0 aromatic heterocycles. The van der Waals surface area contributed by atoms with E-state index >= 15 is 0 Å². The third kappa shape index (κ3) is 1.22. The highest BCUT2D eigenvalue weighted by Crippen LogP contribution is 2.32. The molecule has 12 heavy (non-hydrogen) atoms. The van der Waals surface area contributed by atoms with Crippen LogP contribution in [0.3, 0.4) is 0 Å². The van der Waals surface area contributed by atoms with E-state index in [4.69, 9.17) is 9.84 Å². The van der Waals surface area contributed by atoms with Crippen molar-refractivity contribution in [3.05, 3.63) is 24.0 Å². The van der Waals surface area contributed by atoms with E-state index in [1.54, 1.807) is 19.1 Å². The first kappa shape index (κ1) is 8.84. The number of carboxylic acid groups (broad SMARTS) is 1. The lowest BCUT2D eigenvalue weighted by molar-refractivity contribution is -0.144. The third-order valence-electron chi connectivity index (χ3n) is 2.07. The van der Waals surface area contributed by atoms with Crippen LogP contribution in [0.2, 0.25) is 0 Å². The topological polar surface area (TPSA) is 46.5 Å². The summed E-state index contributed by atoms with van der Waals surface area (Å²) < 4.78 is 5.00. The predicted molar refractivity (Wildman–Crippen MR) is 44.6 cm³/mol. The normalized spacial score (nSPS) is 28.0. The van der Waals surface area contributed by atoms with Crippen LogP contribution in [-0.2, 0) is 9.53 Å². The molecule has 0 saturated heterocycles. The van der Waals surface area contributed by atoms with Crippen molar-refractivity contribution in [3.63, 3.8) is 0 Å². The zero-order chi connectivity index (χ0) is 9.19. The molecule has 0 radical (unpaired) electrons. The number of aliphatic carboxylic acids is 1. The summed E-state index contributed by atoms with van der Waals surface area (Å²) in [6, 6.07) is 0. The molecular weight excluding hydrogens is 156 g/mol. The van der Waals surface area contributed by atoms with Crippen molar-refractivity contribution in [2.45, 2.75) is 13.3 Å². The summed E-state index contributed by atoms with van der Waals surface area (Å²) in [4.78, 5) is 10.9. The average molecular weight is 168 g/mol. The Morgan fingerprint density at radius 2 is 2.42 bits per heavy atom. The lowest BCUT2D eigenvalue weighted by atomic mass is 9.84. The van der Waals surface area contributed by atoms with E-state index < -0.39 is 11.4 Å². The zero-order valence-electron chi connectivity index (χ0n) is 7.20. The molecule has 3 heteroatoms. The van der Waals surface area contributed by atoms with Crippen molar-refractivity contribution in [2.75, 3.05) is 7.11 Å². The number of ether oxygens (including phenoxy) is 1. The van der Waals surface area contributed by atoms with E-state index in [0.717, 1.165) is 6.42 Å². The second-order valence-corrected chi connectivity index (χ2v) is 2.92. The molecule has 0 aromatic rings. The largest absolute Gasteiger partial charge is 0.500 e. The molecule has 1 rings (SSSR count). The highest BCUT2D eigenvalue weighted by Gasteiger charge is 2.36. The molecule has 66 valence electrons. The first-order valence-electron chi connectivity index (χ1n) is 3.77. The van der Waals surface area contributed by atoms with Crippen LogP contribution in [0.5, 0.6) is 0 Å². The smallest absolute Gasteiger partial charge is 0.320 e. The zero-order valence-corrected chi connectivity index (χ0v) is 7.20. The van der Waals surface area contributed by atoms with Crippen molar-refractivity contribution in [1.29, 1.82) is 0 Å². The second-order valence-electron chi connectivity index (χ2n) is 2.92. The van der Waals surface area contributed by atoms with Gasteiger partial charge in [0.15, 0.2) is 0 Å². The molecule has 1 unspecified atom stereocenters. The SMILES string of the molecule is COC1=CCC=CC1(C)C(=O)O. The van der Waals surface area contributed by atoms with E-state index in [0.29, 0.717) is 5.76 Å². The van der Waals surface area contributed by atoms with Gasteiger partial charge in [-0.15, -0.1) is 0 Å². The standard InChI is InChI=1S/C9H12O3/c1-9(8(10)11)6-4-3-5-7(9)12-2/h4-6H,3H2,1-2H3,(H,10,11). The fourth-order valence-corrected chi connectivity index (χ4v) is 1.25. The van der Waals surface area contributed by atoms with Crippen LogP contribution < -0.4 is 0 Å². The molecular formula is C9H12O3. The number of hydrogen-bond acceptors (Lipinski definition) is 2. The Morgan fingerprint density at radius 3 is 2.83 bits per heavy atom. The Labute approximate surface area is 71.3 Å². The van der Waals surface area contributed by atoms with Crippen LogP contribution in [0.25, 0.3) is 0 Å². The summed E-state index contributed by atoms with van der Waals surface area (Å²) in [5.41, 5.74) is -0.979. The quantitative estimate of drug-likeness (QED) is 0.636. The van der Waals surface area contributed by atoms with Gasteiger partial charge in [0.25, 0.3) is 0 Å². The minimum atomic E-state index is -0.979. The Morgan fingerprint density at radius 1 is 1.75 bits per heavy atom. The van der Waals surface area contributed by atoms with E-state index in [9.17, 15) is 4.79 Å². The van der Waals surface area contributed by atoms with E-state index in [1.165, 1.54) is 7.11 Å². The lowest BCUT2D eigenvalue weighted by Crippen LogP contribution is -2.29. The van der Waals surface area contributed by atoms with Gasteiger partial charge >= 0.3 is 5.97 Å². The van der Waals surface area contributed by atoms with Crippen LogP contribution in [0, 0.1) is 5.41 Å². The Bertz CT molecular complexity index is 252. The van der Waals surface area contributed by atoms with Gasteiger partial charge in [0.1, 0.15) is 11.2 Å². The monoisotopic (exact) mass is 168 g/mol. The molecule has 1 aliphatic rings. The maximum Gasteiger partial charge on any atom is 0.320 e. The molecule has 1 atom stereocenters. The van der Waals surface area contributed by atoms with Gasteiger partial charge in [0.05, 0.1) is 7.11 Å². The van der Waals surface area contributed by atoms with E-state index in [2.05, 4.69) is 0 Å². The number of hydrogen-bond donors (Lipinski definition) is 1. The van der Waals surface area contributed by atoms with Crippen LogP contribution in [0.1, 0.15) is 13.3 Å². The molecule has 0 spiro atoms. The molecule has 0 amide bonds. The van der Waals surface area contributed by atoms with Gasteiger partial charge in [0.2, 0.25) is 0 Å². The molecule has 3 nitrogen and oxygen atoms in total. The predicted octanol–water partition coefficient (Wildman–Crippen LogP) is 1.57. The van der Waals surface area contributed by atoms with Gasteiger partial charge in [-0.2, -0.15) is 0 Å². The fourth-order valence-electron chi connectivity index (χ4n) is 1.25. The van der Waals surface area contributed by atoms with Gasteiger partial charge in [-0.05, 0) is 19.4 Å². The molecule has 0 fully saturated rings. The maximum atomic E-state index is 10.9. The van der Waals surface area contributed by atoms with E-state index in [-0.39, 0.29) is 0 Å². The van der Waals surface area contributed by atoms with Gasteiger partial charge in [-0.1, -0.05) is 12.2 Å². The lowest BCUT2D eigenvalue weighted by Gasteiger charge is -2.25. The summed E-state index contributed by atoms with van der Waals surface area (Å²) in [6.07, 6.45) is 6.02. The molecule has 0 heterocycles. The summed E-state index contributed by atoms with van der Waals surface area (Å²) in [5, 5.41) is 8.93. The Hall–Kier alpha value is -1.25. The molecule has 1 aliphatic carbocycles. The third-order valence-corrected chi connectivity index (χ3v) is 2.07. The molecule has 0 aromatic carbocycles. The summed E-state index contributed by atoms with van der Waals surface area (Å²) in [5.74, 6) is -0.371. The minimum absolute atomic E-state index is 0.512. The van der Waals surface area contributed by atoms with Crippen molar-refractivity contribution < 1.29 is 14.6 Å². The van der Waals surface area contributed by atoms with Gasteiger partial charge < -0.3 is 9.84 Å². The van der Waals surface area contributed by atoms with Crippen molar-refractivity contribution >= 4 is 5.97 Å². The number of allylic oxidation sites excluding steroid dienone is 2. The first-order valence-corrected chi connectivity index (χ1v) is 3.77. The van der Waals surface area contributed by atoms with Crippen LogP contribution in [0.4, 0.5) is 0 Å². The molecule has 0 bridgehead atoms. The fraction of sp³-hybridized carbons (Fsp3) is 0.444.